The molecule has 0 bridgehead atoms. The van der Waals surface area contributed by atoms with Gasteiger partial charge in [-0.15, -0.1) is 0 Å². The van der Waals surface area contributed by atoms with Crippen molar-refractivity contribution in [1.82, 2.24) is 14.5 Å². The average molecular weight is 448 g/mol. The SMILES string of the molecule is O=C(NC1CCN(C(=O)c2ccco2)CC1)c1ccc(S(=O)(=O)N2CCOCC2)cc1. The number of sulfonamides is 1. The number of furan rings is 1. The zero-order valence-electron chi connectivity index (χ0n) is 17.0. The van der Waals surface area contributed by atoms with Crippen molar-refractivity contribution in [1.29, 1.82) is 0 Å². The van der Waals surface area contributed by atoms with Crippen molar-refractivity contribution in [2.24, 2.45) is 0 Å². The quantitative estimate of drug-likeness (QED) is 0.741. The van der Waals surface area contributed by atoms with Gasteiger partial charge in [0.2, 0.25) is 10.0 Å². The second-order valence-electron chi connectivity index (χ2n) is 7.56. The van der Waals surface area contributed by atoms with E-state index in [1.54, 1.807) is 17.0 Å². The van der Waals surface area contributed by atoms with Gasteiger partial charge in [-0.2, -0.15) is 4.31 Å². The maximum Gasteiger partial charge on any atom is 0.289 e. The monoisotopic (exact) mass is 447 g/mol. The zero-order valence-corrected chi connectivity index (χ0v) is 17.8. The van der Waals surface area contributed by atoms with Crippen LogP contribution in [0.15, 0.2) is 52.0 Å². The van der Waals surface area contributed by atoms with Crippen molar-refractivity contribution < 1.29 is 27.2 Å². The third kappa shape index (κ3) is 4.81. The Morgan fingerprint density at radius 1 is 0.968 bits per heavy atom. The molecule has 9 nitrogen and oxygen atoms in total. The Bertz CT molecular complexity index is 1010. The summed E-state index contributed by atoms with van der Waals surface area (Å²) in [7, 11) is -3.59. The van der Waals surface area contributed by atoms with Crippen LogP contribution in [0.4, 0.5) is 0 Å². The van der Waals surface area contributed by atoms with Gasteiger partial charge in [0, 0.05) is 37.8 Å². The molecule has 2 fully saturated rings. The summed E-state index contributed by atoms with van der Waals surface area (Å²) in [6.45, 7) is 2.47. The molecule has 31 heavy (non-hydrogen) atoms. The van der Waals surface area contributed by atoms with Gasteiger partial charge in [-0.1, -0.05) is 0 Å². The average Bonchev–Trinajstić information content (AvgIpc) is 3.35. The molecule has 2 saturated heterocycles. The molecule has 1 N–H and O–H groups in total. The molecule has 2 amide bonds. The largest absolute Gasteiger partial charge is 0.459 e. The molecule has 3 heterocycles. The third-order valence-electron chi connectivity index (χ3n) is 5.57. The molecule has 4 rings (SSSR count). The van der Waals surface area contributed by atoms with Crippen LogP contribution in [-0.2, 0) is 14.8 Å². The Morgan fingerprint density at radius 2 is 1.65 bits per heavy atom. The molecular formula is C21H25N3O6S. The van der Waals surface area contributed by atoms with E-state index >= 15 is 0 Å². The first kappa shape index (κ1) is 21.5. The molecule has 0 radical (unpaired) electrons. The van der Waals surface area contributed by atoms with Crippen molar-refractivity contribution in [3.8, 4) is 0 Å². The van der Waals surface area contributed by atoms with Crippen LogP contribution in [-0.4, -0.2) is 74.9 Å². The number of rotatable bonds is 5. The molecule has 166 valence electrons. The van der Waals surface area contributed by atoms with Gasteiger partial charge in [0.1, 0.15) is 0 Å². The van der Waals surface area contributed by atoms with E-state index in [9.17, 15) is 18.0 Å². The van der Waals surface area contributed by atoms with Gasteiger partial charge in [-0.05, 0) is 49.2 Å². The Labute approximate surface area is 181 Å². The Morgan fingerprint density at radius 3 is 2.26 bits per heavy atom. The van der Waals surface area contributed by atoms with E-state index in [0.29, 0.717) is 63.6 Å². The molecule has 1 aromatic carbocycles. The van der Waals surface area contributed by atoms with Gasteiger partial charge in [0.05, 0.1) is 24.4 Å². The van der Waals surface area contributed by atoms with Crippen molar-refractivity contribution >= 4 is 21.8 Å². The molecule has 10 heteroatoms. The molecule has 0 spiro atoms. The van der Waals surface area contributed by atoms with Gasteiger partial charge >= 0.3 is 0 Å². The first-order valence-electron chi connectivity index (χ1n) is 10.3. The van der Waals surface area contributed by atoms with Crippen LogP contribution < -0.4 is 5.32 Å². The summed E-state index contributed by atoms with van der Waals surface area (Å²) in [4.78, 5) is 26.8. The maximum absolute atomic E-state index is 12.7. The van der Waals surface area contributed by atoms with Crippen molar-refractivity contribution in [3.63, 3.8) is 0 Å². The normalized spacial score (nSPS) is 18.6. The number of morpholine rings is 1. The molecule has 2 aromatic rings. The number of ether oxygens (including phenoxy) is 1. The number of hydrogen-bond acceptors (Lipinski definition) is 6. The van der Waals surface area contributed by atoms with Crippen LogP contribution in [0.25, 0.3) is 0 Å². The Kier molecular flexibility index (Phi) is 6.40. The van der Waals surface area contributed by atoms with Gasteiger partial charge in [-0.3, -0.25) is 9.59 Å². The third-order valence-corrected chi connectivity index (χ3v) is 7.49. The fraction of sp³-hybridized carbons (Fsp3) is 0.429. The van der Waals surface area contributed by atoms with Crippen LogP contribution in [0.1, 0.15) is 33.8 Å². The predicted molar refractivity (Wildman–Crippen MR) is 111 cm³/mol. The molecule has 1 aromatic heterocycles. The molecule has 2 aliphatic rings. The summed E-state index contributed by atoms with van der Waals surface area (Å²) in [6, 6.07) is 9.24. The smallest absolute Gasteiger partial charge is 0.289 e. The van der Waals surface area contributed by atoms with E-state index in [0.717, 1.165) is 0 Å². The highest BCUT2D eigenvalue weighted by Gasteiger charge is 2.28. The Balaban J connectivity index is 1.32. The number of nitrogens with one attached hydrogen (secondary N) is 1. The lowest BCUT2D eigenvalue weighted by Gasteiger charge is -2.31. The number of nitrogens with zero attached hydrogens (tertiary/aromatic N) is 2. The zero-order chi connectivity index (χ0) is 21.8. The van der Waals surface area contributed by atoms with Crippen LogP contribution in [0, 0.1) is 0 Å². The number of likely N-dealkylation sites (tertiary alicyclic amines) is 1. The summed E-state index contributed by atoms with van der Waals surface area (Å²) in [6.07, 6.45) is 2.75. The minimum Gasteiger partial charge on any atom is -0.459 e. The summed E-state index contributed by atoms with van der Waals surface area (Å²) in [5, 5.41) is 2.97. The molecule has 0 unspecified atom stereocenters. The molecule has 2 aliphatic heterocycles. The standard InChI is InChI=1S/C21H25N3O6S/c25-20(22-17-7-9-23(10-8-17)21(26)19-2-1-13-30-19)16-3-5-18(6-4-16)31(27,28)24-11-14-29-15-12-24/h1-6,13,17H,7-12,14-15H2,(H,22,25). The molecule has 0 aliphatic carbocycles. The molecule has 0 atom stereocenters. The highest BCUT2D eigenvalue weighted by atomic mass is 32.2. The van der Waals surface area contributed by atoms with Crippen LogP contribution >= 0.6 is 0 Å². The van der Waals surface area contributed by atoms with Gasteiger partial charge in [0.15, 0.2) is 5.76 Å². The van der Waals surface area contributed by atoms with E-state index in [1.807, 2.05) is 0 Å². The lowest BCUT2D eigenvalue weighted by atomic mass is 10.0. The van der Waals surface area contributed by atoms with Gasteiger partial charge < -0.3 is 19.4 Å². The molecular weight excluding hydrogens is 422 g/mol. The summed E-state index contributed by atoms with van der Waals surface area (Å²) < 4.78 is 37.1. The summed E-state index contributed by atoms with van der Waals surface area (Å²) >= 11 is 0. The molecule has 0 saturated carbocycles. The first-order chi connectivity index (χ1) is 14.9. The van der Waals surface area contributed by atoms with Crippen molar-refractivity contribution in [2.75, 3.05) is 39.4 Å². The first-order valence-corrected chi connectivity index (χ1v) is 11.7. The topological polar surface area (TPSA) is 109 Å². The number of amides is 2. The number of piperidine rings is 1. The number of hydrogen-bond donors (Lipinski definition) is 1. The Hall–Kier alpha value is -2.69. The lowest BCUT2D eigenvalue weighted by molar-refractivity contribution is 0.0667. The predicted octanol–water partition coefficient (Wildman–Crippen LogP) is 1.34. The fourth-order valence-corrected chi connectivity index (χ4v) is 5.17. The highest BCUT2D eigenvalue weighted by Crippen LogP contribution is 2.19. The van der Waals surface area contributed by atoms with Crippen molar-refractivity contribution in [2.45, 2.75) is 23.8 Å². The summed E-state index contributed by atoms with van der Waals surface area (Å²) in [5.74, 6) is -0.0902. The van der Waals surface area contributed by atoms with Crippen LogP contribution in [0.2, 0.25) is 0 Å². The van der Waals surface area contributed by atoms with E-state index in [2.05, 4.69) is 5.32 Å². The fourth-order valence-electron chi connectivity index (χ4n) is 3.77. The van der Waals surface area contributed by atoms with E-state index in [-0.39, 0.29) is 22.8 Å². The van der Waals surface area contributed by atoms with Crippen LogP contribution in [0.5, 0.6) is 0 Å². The van der Waals surface area contributed by atoms with Gasteiger partial charge in [-0.25, -0.2) is 8.42 Å². The second-order valence-corrected chi connectivity index (χ2v) is 9.50. The summed E-state index contributed by atoms with van der Waals surface area (Å²) in [5.41, 5.74) is 0.398. The maximum atomic E-state index is 12.7. The van der Waals surface area contributed by atoms with Gasteiger partial charge in [0.25, 0.3) is 11.8 Å². The lowest BCUT2D eigenvalue weighted by Crippen LogP contribution is -2.46. The minimum atomic E-state index is -3.59. The minimum absolute atomic E-state index is 0.0510. The number of benzene rings is 1. The highest BCUT2D eigenvalue weighted by molar-refractivity contribution is 7.89. The second kappa shape index (κ2) is 9.21. The van der Waals surface area contributed by atoms with Crippen LogP contribution in [0.3, 0.4) is 0 Å². The van der Waals surface area contributed by atoms with Crippen molar-refractivity contribution in [3.05, 3.63) is 54.0 Å². The van der Waals surface area contributed by atoms with E-state index < -0.39 is 10.0 Å². The van der Waals surface area contributed by atoms with E-state index in [4.69, 9.17) is 9.15 Å². The number of carbonyl (C=O) groups is 2. The van der Waals surface area contributed by atoms with E-state index in [1.165, 1.54) is 34.8 Å². The number of carbonyl (C=O) groups excluding carboxylic acids is 2.